The van der Waals surface area contributed by atoms with Gasteiger partial charge in [0.15, 0.2) is 0 Å². The van der Waals surface area contributed by atoms with Crippen molar-refractivity contribution in [1.29, 1.82) is 0 Å². The lowest BCUT2D eigenvalue weighted by Gasteiger charge is -2.31. The minimum atomic E-state index is -0.0941. The van der Waals surface area contributed by atoms with Crippen LogP contribution < -0.4 is 5.32 Å². The molecule has 0 bridgehead atoms. The lowest BCUT2D eigenvalue weighted by atomic mass is 9.80. The third-order valence-electron chi connectivity index (χ3n) is 2.88. The number of carbonyl (C=O) groups excluding carboxylic acids is 1. The van der Waals surface area contributed by atoms with Crippen LogP contribution in [0.4, 0.5) is 0 Å². The van der Waals surface area contributed by atoms with E-state index in [1.807, 2.05) is 0 Å². The first-order valence-corrected chi connectivity index (χ1v) is 7.90. The van der Waals surface area contributed by atoms with E-state index in [0.29, 0.717) is 26.4 Å². The number of hydrogen-bond acceptors (Lipinski definition) is 6. The molecular weight excluding hydrogens is 304 g/mol. The van der Waals surface area contributed by atoms with Crippen molar-refractivity contribution in [2.24, 2.45) is 5.41 Å². The number of rotatable bonds is 12. The average Bonchev–Trinajstić information content (AvgIpc) is 2.33. The van der Waals surface area contributed by atoms with Gasteiger partial charge in [-0.05, 0) is 11.8 Å². The maximum Gasteiger partial charge on any atom is 0.222 e. The predicted octanol–water partition coefficient (Wildman–Crippen LogP) is 2.06. The van der Waals surface area contributed by atoms with E-state index >= 15 is 0 Å². The molecule has 132 valence electrons. The molecule has 0 saturated heterocycles. The molecule has 0 fully saturated rings. The first kappa shape index (κ1) is 21.7. The summed E-state index contributed by atoms with van der Waals surface area (Å²) in [5.74, 6) is -0.0115. The van der Waals surface area contributed by atoms with Crippen molar-refractivity contribution in [3.8, 4) is 0 Å². The minimum Gasteiger partial charge on any atom is -0.362 e. The standard InChI is InChI=1S/C15H32N2O4S/c1-14(2,10-15(3,4)22)9-13(18)16-11-20-7-8-21-12-17(5)19-6/h22H,7-12H2,1-6H3,(H,16,18). The Morgan fingerprint density at radius 3 is 2.32 bits per heavy atom. The van der Waals surface area contributed by atoms with Crippen LogP contribution in [0.25, 0.3) is 0 Å². The van der Waals surface area contributed by atoms with Crippen molar-refractivity contribution in [2.45, 2.75) is 45.3 Å². The monoisotopic (exact) mass is 336 g/mol. The molecule has 0 heterocycles. The second-order valence-electron chi connectivity index (χ2n) is 6.83. The molecule has 0 atom stereocenters. The van der Waals surface area contributed by atoms with Gasteiger partial charge in [0.25, 0.3) is 0 Å². The Kier molecular flexibility index (Phi) is 10.3. The van der Waals surface area contributed by atoms with Crippen molar-refractivity contribution < 1.29 is 19.1 Å². The van der Waals surface area contributed by atoms with Crippen LogP contribution in [0.15, 0.2) is 0 Å². The number of amides is 1. The highest BCUT2D eigenvalue weighted by atomic mass is 32.1. The van der Waals surface area contributed by atoms with Crippen LogP contribution in [0.1, 0.15) is 40.5 Å². The van der Waals surface area contributed by atoms with Gasteiger partial charge in [0.2, 0.25) is 5.91 Å². The van der Waals surface area contributed by atoms with Crippen molar-refractivity contribution in [1.82, 2.24) is 10.4 Å². The van der Waals surface area contributed by atoms with Gasteiger partial charge in [-0.2, -0.15) is 17.7 Å². The molecule has 0 saturated carbocycles. The highest BCUT2D eigenvalue weighted by Gasteiger charge is 2.28. The third kappa shape index (κ3) is 13.3. The Morgan fingerprint density at radius 2 is 1.77 bits per heavy atom. The topological polar surface area (TPSA) is 60.0 Å². The smallest absolute Gasteiger partial charge is 0.222 e. The largest absolute Gasteiger partial charge is 0.362 e. The number of thiol groups is 1. The van der Waals surface area contributed by atoms with Gasteiger partial charge >= 0.3 is 0 Å². The molecule has 0 aromatic heterocycles. The van der Waals surface area contributed by atoms with E-state index in [-0.39, 0.29) is 22.8 Å². The van der Waals surface area contributed by atoms with Gasteiger partial charge < -0.3 is 19.6 Å². The fraction of sp³-hybridized carbons (Fsp3) is 0.933. The average molecular weight is 336 g/mol. The molecule has 0 unspecified atom stereocenters. The summed E-state index contributed by atoms with van der Waals surface area (Å²) >= 11 is 4.53. The number of carbonyl (C=O) groups is 1. The number of nitrogens with zero attached hydrogens (tertiary/aromatic N) is 1. The fourth-order valence-electron chi connectivity index (χ4n) is 2.30. The summed E-state index contributed by atoms with van der Waals surface area (Å²) in [7, 11) is 3.35. The second-order valence-corrected chi connectivity index (χ2v) is 8.04. The molecule has 22 heavy (non-hydrogen) atoms. The first-order chi connectivity index (χ1) is 10.1. The highest BCUT2D eigenvalue weighted by molar-refractivity contribution is 7.81. The Labute approximate surface area is 140 Å². The minimum absolute atomic E-state index is 0.0115. The Bertz CT molecular complexity index is 319. The number of hydroxylamine groups is 2. The Hall–Kier alpha value is -0.340. The molecule has 1 amide bonds. The van der Waals surface area contributed by atoms with Crippen LogP contribution >= 0.6 is 12.6 Å². The maximum atomic E-state index is 11.9. The molecule has 0 spiro atoms. The van der Waals surface area contributed by atoms with E-state index in [4.69, 9.17) is 14.3 Å². The normalized spacial score (nSPS) is 12.7. The zero-order valence-corrected chi connectivity index (χ0v) is 15.7. The summed E-state index contributed by atoms with van der Waals surface area (Å²) in [5, 5.41) is 4.32. The van der Waals surface area contributed by atoms with Gasteiger partial charge in [0.1, 0.15) is 13.5 Å². The molecule has 1 N–H and O–H groups in total. The van der Waals surface area contributed by atoms with Crippen LogP contribution in [-0.2, 0) is 19.1 Å². The molecule has 0 aliphatic heterocycles. The molecule has 0 aromatic carbocycles. The summed E-state index contributed by atoms with van der Waals surface area (Å²) in [6, 6.07) is 0. The maximum absolute atomic E-state index is 11.9. The summed E-state index contributed by atoms with van der Waals surface area (Å²) in [6.45, 7) is 9.70. The van der Waals surface area contributed by atoms with Crippen molar-refractivity contribution in [3.05, 3.63) is 0 Å². The van der Waals surface area contributed by atoms with Gasteiger partial charge in [0, 0.05) is 18.2 Å². The Morgan fingerprint density at radius 1 is 1.18 bits per heavy atom. The van der Waals surface area contributed by atoms with Gasteiger partial charge in [-0.25, -0.2) is 0 Å². The van der Waals surface area contributed by atoms with E-state index in [1.165, 1.54) is 0 Å². The SMILES string of the molecule is CON(C)COCCOCNC(=O)CC(C)(C)CC(C)(C)S. The molecule has 0 aromatic rings. The first-order valence-electron chi connectivity index (χ1n) is 7.45. The van der Waals surface area contributed by atoms with Gasteiger partial charge in [-0.1, -0.05) is 27.7 Å². The van der Waals surface area contributed by atoms with Gasteiger partial charge in [-0.3, -0.25) is 4.79 Å². The summed E-state index contributed by atoms with van der Waals surface area (Å²) in [4.78, 5) is 16.8. The lowest BCUT2D eigenvalue weighted by molar-refractivity contribution is -0.172. The summed E-state index contributed by atoms with van der Waals surface area (Å²) in [6.07, 6.45) is 1.31. The van der Waals surface area contributed by atoms with E-state index in [2.05, 4.69) is 45.6 Å². The van der Waals surface area contributed by atoms with Crippen LogP contribution in [0, 0.1) is 5.41 Å². The quantitative estimate of drug-likeness (QED) is 0.247. The number of hydrogen-bond donors (Lipinski definition) is 2. The Balaban J connectivity index is 3.69. The van der Waals surface area contributed by atoms with Gasteiger partial charge in [0.05, 0.1) is 20.3 Å². The van der Waals surface area contributed by atoms with Crippen LogP contribution in [0.5, 0.6) is 0 Å². The van der Waals surface area contributed by atoms with Gasteiger partial charge in [-0.15, -0.1) is 0 Å². The molecule has 0 rings (SSSR count). The summed E-state index contributed by atoms with van der Waals surface area (Å²) < 4.78 is 10.5. The van der Waals surface area contributed by atoms with Crippen LogP contribution in [-0.4, -0.2) is 56.6 Å². The highest BCUT2D eigenvalue weighted by Crippen LogP contribution is 2.34. The van der Waals surface area contributed by atoms with Crippen molar-refractivity contribution in [2.75, 3.05) is 40.8 Å². The second kappa shape index (κ2) is 10.4. The molecule has 7 heteroatoms. The van der Waals surface area contributed by atoms with Crippen molar-refractivity contribution >= 4 is 18.5 Å². The van der Waals surface area contributed by atoms with Crippen LogP contribution in [0.2, 0.25) is 0 Å². The number of ether oxygens (including phenoxy) is 2. The van der Waals surface area contributed by atoms with E-state index in [9.17, 15) is 4.79 Å². The molecular formula is C15H32N2O4S. The number of nitrogens with one attached hydrogen (secondary N) is 1. The fourth-order valence-corrected chi connectivity index (χ4v) is 2.73. The predicted molar refractivity (Wildman–Crippen MR) is 90.6 cm³/mol. The lowest BCUT2D eigenvalue weighted by Crippen LogP contribution is -2.33. The van der Waals surface area contributed by atoms with E-state index in [1.54, 1.807) is 19.2 Å². The molecule has 6 nitrogen and oxygen atoms in total. The third-order valence-corrected chi connectivity index (χ3v) is 3.04. The summed E-state index contributed by atoms with van der Waals surface area (Å²) in [5.41, 5.74) is -0.0941. The van der Waals surface area contributed by atoms with E-state index in [0.717, 1.165) is 6.42 Å². The van der Waals surface area contributed by atoms with E-state index < -0.39 is 0 Å². The molecule has 0 radical (unpaired) electrons. The zero-order valence-electron chi connectivity index (χ0n) is 14.8. The zero-order chi connectivity index (χ0) is 17.2. The van der Waals surface area contributed by atoms with Crippen LogP contribution in [0.3, 0.4) is 0 Å². The molecule has 0 aliphatic rings. The van der Waals surface area contributed by atoms with Crippen molar-refractivity contribution in [3.63, 3.8) is 0 Å². The molecule has 0 aliphatic carbocycles.